The second kappa shape index (κ2) is 4.81. The molecule has 3 nitrogen and oxygen atoms in total. The summed E-state index contributed by atoms with van der Waals surface area (Å²) in [5, 5.41) is 21.4. The van der Waals surface area contributed by atoms with Crippen molar-refractivity contribution in [1.29, 1.82) is 5.26 Å². The van der Waals surface area contributed by atoms with E-state index in [1.165, 1.54) is 0 Å². The maximum atomic E-state index is 9.26. The van der Waals surface area contributed by atoms with E-state index in [0.29, 0.717) is 5.56 Å². The first-order chi connectivity index (χ1) is 7.15. The number of nitrogens with one attached hydrogen (secondary N) is 1. The highest BCUT2D eigenvalue weighted by Gasteiger charge is 2.21. The van der Waals surface area contributed by atoms with Crippen molar-refractivity contribution in [3.8, 4) is 6.07 Å². The van der Waals surface area contributed by atoms with Crippen LogP contribution in [0.5, 0.6) is 0 Å². The van der Waals surface area contributed by atoms with Crippen LogP contribution in [0.3, 0.4) is 0 Å². The van der Waals surface area contributed by atoms with Crippen LogP contribution in [0.15, 0.2) is 24.3 Å². The number of anilines is 1. The zero-order valence-corrected chi connectivity index (χ0v) is 9.12. The van der Waals surface area contributed by atoms with Gasteiger partial charge >= 0.3 is 0 Å². The van der Waals surface area contributed by atoms with Gasteiger partial charge in [0.2, 0.25) is 0 Å². The van der Waals surface area contributed by atoms with Crippen LogP contribution in [-0.4, -0.2) is 17.3 Å². The van der Waals surface area contributed by atoms with Crippen molar-refractivity contribution in [1.82, 2.24) is 0 Å². The molecule has 0 amide bonds. The van der Waals surface area contributed by atoms with Crippen molar-refractivity contribution >= 4 is 5.69 Å². The molecule has 0 aliphatic heterocycles. The van der Waals surface area contributed by atoms with Crippen LogP contribution in [0.4, 0.5) is 5.69 Å². The molecule has 0 radical (unpaired) electrons. The molecule has 0 bridgehead atoms. The van der Waals surface area contributed by atoms with Gasteiger partial charge in [-0.3, -0.25) is 0 Å². The number of rotatable bonds is 4. The zero-order chi connectivity index (χ0) is 11.3. The van der Waals surface area contributed by atoms with E-state index in [1.54, 1.807) is 6.07 Å². The summed E-state index contributed by atoms with van der Waals surface area (Å²) < 4.78 is 0. The van der Waals surface area contributed by atoms with Crippen LogP contribution in [0, 0.1) is 11.3 Å². The van der Waals surface area contributed by atoms with Gasteiger partial charge in [-0.15, -0.1) is 0 Å². The first-order valence-electron chi connectivity index (χ1n) is 5.03. The number of benzene rings is 1. The molecular weight excluding hydrogens is 188 g/mol. The van der Waals surface area contributed by atoms with Crippen LogP contribution in [0.2, 0.25) is 0 Å². The SMILES string of the molecule is CCC(C)(CO)Nc1ccccc1C#N. The van der Waals surface area contributed by atoms with E-state index in [1.807, 2.05) is 32.0 Å². The molecule has 0 saturated carbocycles. The lowest BCUT2D eigenvalue weighted by molar-refractivity contribution is 0.219. The molecule has 3 heteroatoms. The number of nitrogens with zero attached hydrogens (tertiary/aromatic N) is 1. The fourth-order valence-corrected chi connectivity index (χ4v) is 1.25. The average Bonchev–Trinajstić information content (AvgIpc) is 2.29. The predicted molar refractivity (Wildman–Crippen MR) is 60.6 cm³/mol. The predicted octanol–water partition coefficient (Wildman–Crippen LogP) is 2.13. The number of hydrogen-bond acceptors (Lipinski definition) is 3. The van der Waals surface area contributed by atoms with E-state index in [9.17, 15) is 5.11 Å². The zero-order valence-electron chi connectivity index (χ0n) is 9.12. The molecule has 0 aliphatic rings. The molecule has 80 valence electrons. The highest BCUT2D eigenvalue weighted by atomic mass is 16.3. The number of nitriles is 1. The average molecular weight is 204 g/mol. The van der Waals surface area contributed by atoms with Crippen LogP contribution < -0.4 is 5.32 Å². The molecule has 1 rings (SSSR count). The molecule has 2 N–H and O–H groups in total. The van der Waals surface area contributed by atoms with Crippen molar-refractivity contribution < 1.29 is 5.11 Å². The third-order valence-electron chi connectivity index (χ3n) is 2.61. The summed E-state index contributed by atoms with van der Waals surface area (Å²) in [4.78, 5) is 0. The van der Waals surface area contributed by atoms with Gasteiger partial charge in [0.25, 0.3) is 0 Å². The van der Waals surface area contributed by atoms with Crippen LogP contribution in [-0.2, 0) is 0 Å². The number of para-hydroxylation sites is 1. The summed E-state index contributed by atoms with van der Waals surface area (Å²) in [6.07, 6.45) is 0.795. The largest absolute Gasteiger partial charge is 0.394 e. The lowest BCUT2D eigenvalue weighted by atomic mass is 9.99. The Morgan fingerprint density at radius 1 is 1.47 bits per heavy atom. The summed E-state index contributed by atoms with van der Waals surface area (Å²) in [7, 11) is 0. The standard InChI is InChI=1S/C12H16N2O/c1-3-12(2,9-15)14-11-7-5-4-6-10(11)8-13/h4-7,14-15H,3,9H2,1-2H3. The third-order valence-corrected chi connectivity index (χ3v) is 2.61. The van der Waals surface area contributed by atoms with Crippen molar-refractivity contribution in [2.75, 3.05) is 11.9 Å². The van der Waals surface area contributed by atoms with E-state index in [4.69, 9.17) is 5.26 Å². The van der Waals surface area contributed by atoms with Gasteiger partial charge in [0.05, 0.1) is 23.4 Å². The summed E-state index contributed by atoms with van der Waals surface area (Å²) in [6, 6.07) is 9.43. The summed E-state index contributed by atoms with van der Waals surface area (Å²) in [5.41, 5.74) is 1.01. The van der Waals surface area contributed by atoms with Gasteiger partial charge in [-0.05, 0) is 25.5 Å². The molecular formula is C12H16N2O. The number of aliphatic hydroxyl groups excluding tert-OH is 1. The molecule has 0 saturated heterocycles. The maximum absolute atomic E-state index is 9.26. The molecule has 0 aliphatic carbocycles. The molecule has 0 spiro atoms. The van der Waals surface area contributed by atoms with Crippen molar-refractivity contribution in [2.45, 2.75) is 25.8 Å². The van der Waals surface area contributed by atoms with Gasteiger partial charge in [-0.2, -0.15) is 5.26 Å². The van der Waals surface area contributed by atoms with Crippen LogP contribution in [0.1, 0.15) is 25.8 Å². The molecule has 0 fully saturated rings. The van der Waals surface area contributed by atoms with Gasteiger partial charge < -0.3 is 10.4 Å². The van der Waals surface area contributed by atoms with Crippen molar-refractivity contribution in [3.63, 3.8) is 0 Å². The Morgan fingerprint density at radius 2 is 2.13 bits per heavy atom. The molecule has 0 heterocycles. The Morgan fingerprint density at radius 3 is 2.67 bits per heavy atom. The van der Waals surface area contributed by atoms with Crippen molar-refractivity contribution in [2.24, 2.45) is 0 Å². The Labute approximate surface area is 90.4 Å². The monoisotopic (exact) mass is 204 g/mol. The summed E-state index contributed by atoms with van der Waals surface area (Å²) >= 11 is 0. The minimum absolute atomic E-state index is 0.0449. The van der Waals surface area contributed by atoms with E-state index in [2.05, 4.69) is 11.4 Å². The normalized spacial score (nSPS) is 14.0. The van der Waals surface area contributed by atoms with Gasteiger partial charge in [0.15, 0.2) is 0 Å². The Kier molecular flexibility index (Phi) is 3.70. The smallest absolute Gasteiger partial charge is 0.101 e. The van der Waals surface area contributed by atoms with Gasteiger partial charge in [-0.25, -0.2) is 0 Å². The molecule has 1 atom stereocenters. The Hall–Kier alpha value is -1.53. The molecule has 0 aromatic heterocycles. The van der Waals surface area contributed by atoms with E-state index in [0.717, 1.165) is 12.1 Å². The first kappa shape index (κ1) is 11.5. The minimum atomic E-state index is -0.368. The highest BCUT2D eigenvalue weighted by molar-refractivity contribution is 5.58. The van der Waals surface area contributed by atoms with Gasteiger partial charge in [-0.1, -0.05) is 19.1 Å². The van der Waals surface area contributed by atoms with Crippen molar-refractivity contribution in [3.05, 3.63) is 29.8 Å². The van der Waals surface area contributed by atoms with E-state index in [-0.39, 0.29) is 12.1 Å². The molecule has 1 aromatic rings. The fraction of sp³-hybridized carbons (Fsp3) is 0.417. The Balaban J connectivity index is 2.94. The second-order valence-corrected chi connectivity index (χ2v) is 3.85. The minimum Gasteiger partial charge on any atom is -0.394 e. The fourth-order valence-electron chi connectivity index (χ4n) is 1.25. The van der Waals surface area contributed by atoms with Gasteiger partial charge in [0, 0.05) is 0 Å². The van der Waals surface area contributed by atoms with Gasteiger partial charge in [0.1, 0.15) is 6.07 Å². The topological polar surface area (TPSA) is 56.0 Å². The first-order valence-corrected chi connectivity index (χ1v) is 5.03. The lowest BCUT2D eigenvalue weighted by Gasteiger charge is -2.28. The highest BCUT2D eigenvalue weighted by Crippen LogP contribution is 2.21. The van der Waals surface area contributed by atoms with E-state index < -0.39 is 0 Å². The summed E-state index contributed by atoms with van der Waals surface area (Å²) in [5.74, 6) is 0. The molecule has 15 heavy (non-hydrogen) atoms. The van der Waals surface area contributed by atoms with Crippen LogP contribution in [0.25, 0.3) is 0 Å². The number of hydrogen-bond donors (Lipinski definition) is 2. The second-order valence-electron chi connectivity index (χ2n) is 3.85. The van der Waals surface area contributed by atoms with Crippen LogP contribution >= 0.6 is 0 Å². The summed E-state index contributed by atoms with van der Waals surface area (Å²) in [6.45, 7) is 3.97. The maximum Gasteiger partial charge on any atom is 0.101 e. The molecule has 1 unspecified atom stereocenters. The Bertz CT molecular complexity index is 364. The third kappa shape index (κ3) is 2.71. The lowest BCUT2D eigenvalue weighted by Crippen LogP contribution is -2.38. The van der Waals surface area contributed by atoms with E-state index >= 15 is 0 Å². The number of aliphatic hydroxyl groups is 1. The quantitative estimate of drug-likeness (QED) is 0.790. The molecule has 1 aromatic carbocycles.